The molecule has 142 valence electrons. The summed E-state index contributed by atoms with van der Waals surface area (Å²) in [6.07, 6.45) is 3.33. The summed E-state index contributed by atoms with van der Waals surface area (Å²) >= 11 is 0. The van der Waals surface area contributed by atoms with Crippen molar-refractivity contribution in [2.45, 2.75) is 33.1 Å². The quantitative estimate of drug-likeness (QED) is 0.872. The summed E-state index contributed by atoms with van der Waals surface area (Å²) in [4.78, 5) is 26.5. The van der Waals surface area contributed by atoms with E-state index < -0.39 is 0 Å². The number of ether oxygens (including phenoxy) is 1. The summed E-state index contributed by atoms with van der Waals surface area (Å²) in [7, 11) is 0. The smallest absolute Gasteiger partial charge is 0.262 e. The van der Waals surface area contributed by atoms with Crippen molar-refractivity contribution < 1.29 is 14.3 Å². The lowest BCUT2D eigenvalue weighted by Crippen LogP contribution is -2.35. The predicted molar refractivity (Wildman–Crippen MR) is 106 cm³/mol. The van der Waals surface area contributed by atoms with Gasteiger partial charge >= 0.3 is 0 Å². The van der Waals surface area contributed by atoms with Crippen molar-refractivity contribution in [2.24, 2.45) is 0 Å². The number of carbonyl (C=O) groups is 2. The van der Waals surface area contributed by atoms with Gasteiger partial charge in [0.15, 0.2) is 6.61 Å². The Kier molecular flexibility index (Phi) is 6.12. The first kappa shape index (κ1) is 19.0. The molecule has 0 unspecified atom stereocenters. The highest BCUT2D eigenvalue weighted by Gasteiger charge is 2.18. The first-order valence-electron chi connectivity index (χ1n) is 9.43. The van der Waals surface area contributed by atoms with E-state index in [0.717, 1.165) is 42.8 Å². The number of nitrogens with zero attached hydrogens (tertiary/aromatic N) is 1. The van der Waals surface area contributed by atoms with Gasteiger partial charge in [-0.15, -0.1) is 0 Å². The molecule has 3 rings (SSSR count). The predicted octanol–water partition coefficient (Wildman–Crippen LogP) is 3.95. The lowest BCUT2D eigenvalue weighted by molar-refractivity contribution is -0.118. The first-order valence-corrected chi connectivity index (χ1v) is 9.43. The van der Waals surface area contributed by atoms with Crippen molar-refractivity contribution in [2.75, 3.05) is 25.0 Å². The number of anilines is 1. The molecule has 2 aromatic carbocycles. The molecule has 2 amide bonds. The van der Waals surface area contributed by atoms with Crippen molar-refractivity contribution >= 4 is 17.5 Å². The van der Waals surface area contributed by atoms with Gasteiger partial charge in [0.25, 0.3) is 11.8 Å². The fourth-order valence-corrected chi connectivity index (χ4v) is 3.34. The van der Waals surface area contributed by atoms with E-state index in [9.17, 15) is 9.59 Å². The maximum atomic E-state index is 12.5. The van der Waals surface area contributed by atoms with Crippen molar-refractivity contribution in [3.05, 3.63) is 59.2 Å². The highest BCUT2D eigenvalue weighted by atomic mass is 16.5. The standard InChI is InChI=1S/C22H26N2O3/c1-16-7-6-8-17(2)21(16)27-15-20(25)23-19-11-9-18(10-12-19)22(26)24-13-4-3-5-14-24/h6-12H,3-5,13-15H2,1-2H3,(H,23,25). The SMILES string of the molecule is Cc1cccc(C)c1OCC(=O)Nc1ccc(C(=O)N2CCCCC2)cc1. The van der Waals surface area contributed by atoms with E-state index in [1.54, 1.807) is 24.3 Å². The van der Waals surface area contributed by atoms with Crippen LogP contribution in [0.1, 0.15) is 40.7 Å². The largest absolute Gasteiger partial charge is 0.483 e. The number of carbonyl (C=O) groups excluding carboxylic acids is 2. The third-order valence-corrected chi connectivity index (χ3v) is 4.82. The molecule has 5 nitrogen and oxygen atoms in total. The van der Waals surface area contributed by atoms with Crippen LogP contribution in [0, 0.1) is 13.8 Å². The molecule has 0 atom stereocenters. The Morgan fingerprint density at radius 3 is 2.22 bits per heavy atom. The molecule has 5 heteroatoms. The fourth-order valence-electron chi connectivity index (χ4n) is 3.34. The van der Waals surface area contributed by atoms with Crippen LogP contribution in [0.3, 0.4) is 0 Å². The van der Waals surface area contributed by atoms with E-state index in [0.29, 0.717) is 11.3 Å². The molecule has 0 spiro atoms. The molecule has 2 aromatic rings. The molecule has 0 radical (unpaired) electrons. The second-order valence-electron chi connectivity index (χ2n) is 6.99. The minimum absolute atomic E-state index is 0.0554. The minimum Gasteiger partial charge on any atom is -0.483 e. The number of rotatable bonds is 5. The van der Waals surface area contributed by atoms with Gasteiger partial charge in [-0.2, -0.15) is 0 Å². The number of para-hydroxylation sites is 1. The normalized spacial score (nSPS) is 13.9. The zero-order chi connectivity index (χ0) is 19.2. The van der Waals surface area contributed by atoms with E-state index in [2.05, 4.69) is 5.32 Å². The molecule has 1 fully saturated rings. The second kappa shape index (κ2) is 8.71. The van der Waals surface area contributed by atoms with E-state index in [1.807, 2.05) is 36.9 Å². The van der Waals surface area contributed by atoms with Crippen molar-refractivity contribution in [3.8, 4) is 5.75 Å². The average molecular weight is 366 g/mol. The number of hydrogen-bond acceptors (Lipinski definition) is 3. The molecule has 1 saturated heterocycles. The van der Waals surface area contributed by atoms with Gasteiger partial charge in [0.1, 0.15) is 5.75 Å². The zero-order valence-corrected chi connectivity index (χ0v) is 16.0. The summed E-state index contributed by atoms with van der Waals surface area (Å²) in [5, 5.41) is 2.81. The Hall–Kier alpha value is -2.82. The van der Waals surface area contributed by atoms with E-state index >= 15 is 0 Å². The third kappa shape index (κ3) is 4.88. The molecule has 1 aliphatic heterocycles. The molecule has 1 aliphatic rings. The summed E-state index contributed by atoms with van der Waals surface area (Å²) < 4.78 is 5.67. The lowest BCUT2D eigenvalue weighted by Gasteiger charge is -2.26. The lowest BCUT2D eigenvalue weighted by atomic mass is 10.1. The van der Waals surface area contributed by atoms with Crippen LogP contribution in [0.4, 0.5) is 5.69 Å². The van der Waals surface area contributed by atoms with E-state index in [-0.39, 0.29) is 18.4 Å². The van der Waals surface area contributed by atoms with Gasteiger partial charge in [0.05, 0.1) is 0 Å². The van der Waals surface area contributed by atoms with Gasteiger partial charge < -0.3 is 15.0 Å². The number of nitrogens with one attached hydrogen (secondary N) is 1. The molecule has 1 N–H and O–H groups in total. The van der Waals surface area contributed by atoms with E-state index in [1.165, 1.54) is 6.42 Å². The van der Waals surface area contributed by atoms with Crippen LogP contribution in [-0.4, -0.2) is 36.4 Å². The van der Waals surface area contributed by atoms with Gasteiger partial charge in [-0.3, -0.25) is 9.59 Å². The van der Waals surface area contributed by atoms with Crippen molar-refractivity contribution in [3.63, 3.8) is 0 Å². The maximum Gasteiger partial charge on any atom is 0.262 e. The highest BCUT2D eigenvalue weighted by Crippen LogP contribution is 2.22. The summed E-state index contributed by atoms with van der Waals surface area (Å²) in [5.41, 5.74) is 3.31. The topological polar surface area (TPSA) is 58.6 Å². The molecule has 0 bridgehead atoms. The Bertz CT molecular complexity index is 789. The van der Waals surface area contributed by atoms with Crippen molar-refractivity contribution in [1.29, 1.82) is 0 Å². The Labute approximate surface area is 160 Å². The molecule has 0 aliphatic carbocycles. The summed E-state index contributed by atoms with van der Waals surface area (Å²) in [5.74, 6) is 0.578. The monoisotopic (exact) mass is 366 g/mol. The van der Waals surface area contributed by atoms with Crippen LogP contribution in [-0.2, 0) is 4.79 Å². The van der Waals surface area contributed by atoms with Crippen LogP contribution < -0.4 is 10.1 Å². The third-order valence-electron chi connectivity index (χ3n) is 4.82. The molecular weight excluding hydrogens is 340 g/mol. The minimum atomic E-state index is -0.229. The molecule has 0 aromatic heterocycles. The fraction of sp³-hybridized carbons (Fsp3) is 0.364. The van der Waals surface area contributed by atoms with Gasteiger partial charge in [0, 0.05) is 24.3 Å². The van der Waals surface area contributed by atoms with Crippen LogP contribution in [0.15, 0.2) is 42.5 Å². The molecule has 1 heterocycles. The van der Waals surface area contributed by atoms with Gasteiger partial charge in [-0.1, -0.05) is 18.2 Å². The van der Waals surface area contributed by atoms with Crippen molar-refractivity contribution in [1.82, 2.24) is 4.90 Å². The molecule has 27 heavy (non-hydrogen) atoms. The number of benzene rings is 2. The zero-order valence-electron chi connectivity index (χ0n) is 16.0. The van der Waals surface area contributed by atoms with Crippen LogP contribution in [0.2, 0.25) is 0 Å². The van der Waals surface area contributed by atoms with Crippen LogP contribution >= 0.6 is 0 Å². The summed E-state index contributed by atoms with van der Waals surface area (Å²) in [6.45, 7) is 5.51. The average Bonchev–Trinajstić information content (AvgIpc) is 2.68. The number of piperidine rings is 1. The molecule has 0 saturated carbocycles. The first-order chi connectivity index (χ1) is 13.0. The number of aryl methyl sites for hydroxylation is 2. The van der Waals surface area contributed by atoms with Gasteiger partial charge in [-0.25, -0.2) is 0 Å². The van der Waals surface area contributed by atoms with Crippen LogP contribution in [0.25, 0.3) is 0 Å². The van der Waals surface area contributed by atoms with E-state index in [4.69, 9.17) is 4.74 Å². The Balaban J connectivity index is 1.54. The summed E-state index contributed by atoms with van der Waals surface area (Å²) in [6, 6.07) is 12.9. The number of hydrogen-bond donors (Lipinski definition) is 1. The maximum absolute atomic E-state index is 12.5. The number of amides is 2. The van der Waals surface area contributed by atoms with Gasteiger partial charge in [0.2, 0.25) is 0 Å². The van der Waals surface area contributed by atoms with Gasteiger partial charge in [-0.05, 0) is 68.5 Å². The molecular formula is C22H26N2O3. The highest BCUT2D eigenvalue weighted by molar-refractivity contribution is 5.96. The number of likely N-dealkylation sites (tertiary alicyclic amines) is 1. The second-order valence-corrected chi connectivity index (χ2v) is 6.99. The van der Waals surface area contributed by atoms with Crippen LogP contribution in [0.5, 0.6) is 5.75 Å². The Morgan fingerprint density at radius 2 is 1.59 bits per heavy atom. The Morgan fingerprint density at radius 1 is 0.963 bits per heavy atom.